The van der Waals surface area contributed by atoms with Crippen molar-refractivity contribution >= 4 is 17.5 Å². The number of nitrogens with zero attached hydrogens (tertiary/aromatic N) is 1. The Morgan fingerprint density at radius 3 is 2.33 bits per heavy atom. The summed E-state index contributed by atoms with van der Waals surface area (Å²) in [6, 6.07) is 9.51. The first kappa shape index (κ1) is 24.4. The number of amides is 1. The topological polar surface area (TPSA) is 72.9 Å². The van der Waals surface area contributed by atoms with E-state index in [9.17, 15) is 27.6 Å². The first-order valence-electron chi connectivity index (χ1n) is 10.5. The summed E-state index contributed by atoms with van der Waals surface area (Å²) in [5.41, 5.74) is -0.453. The average molecular weight is 463 g/mol. The Morgan fingerprint density at radius 2 is 1.73 bits per heavy atom. The van der Waals surface area contributed by atoms with Crippen LogP contribution in [-0.4, -0.2) is 49.2 Å². The van der Waals surface area contributed by atoms with Crippen molar-refractivity contribution in [1.29, 1.82) is 0 Å². The van der Waals surface area contributed by atoms with Crippen LogP contribution in [0, 0.1) is 5.92 Å². The van der Waals surface area contributed by atoms with Crippen molar-refractivity contribution in [3.63, 3.8) is 0 Å². The molecule has 1 saturated heterocycles. The molecule has 0 spiro atoms. The fourth-order valence-corrected chi connectivity index (χ4v) is 3.97. The molecule has 2 unspecified atom stereocenters. The number of carbonyl (C=O) groups is 3. The maximum Gasteiger partial charge on any atom is 0.416 e. The summed E-state index contributed by atoms with van der Waals surface area (Å²) < 4.78 is 49.7. The smallest absolute Gasteiger partial charge is 0.416 e. The fraction of sp³-hybridized carbons (Fsp3) is 0.375. The highest BCUT2D eigenvalue weighted by atomic mass is 19.4. The third kappa shape index (κ3) is 5.08. The minimum atomic E-state index is -4.54. The van der Waals surface area contributed by atoms with Crippen LogP contribution in [0.1, 0.15) is 40.9 Å². The summed E-state index contributed by atoms with van der Waals surface area (Å²) in [6.07, 6.45) is -4.15. The highest BCUT2D eigenvalue weighted by Crippen LogP contribution is 2.40. The Hall–Kier alpha value is -3.20. The lowest BCUT2D eigenvalue weighted by molar-refractivity contribution is -0.140. The molecule has 2 atom stereocenters. The number of alkyl halides is 3. The van der Waals surface area contributed by atoms with E-state index in [2.05, 4.69) is 0 Å². The van der Waals surface area contributed by atoms with Crippen molar-refractivity contribution in [3.05, 3.63) is 65.2 Å². The van der Waals surface area contributed by atoms with E-state index in [0.717, 1.165) is 12.1 Å². The number of Topliss-reactive ketones (excluding diaryl/α,β-unsaturated/α-hetero) is 2. The van der Waals surface area contributed by atoms with E-state index in [1.165, 1.54) is 30.2 Å². The maximum absolute atomic E-state index is 13.5. The monoisotopic (exact) mass is 463 g/mol. The molecule has 0 aliphatic carbocycles. The van der Waals surface area contributed by atoms with E-state index in [1.54, 1.807) is 25.1 Å². The van der Waals surface area contributed by atoms with Crippen molar-refractivity contribution in [2.45, 2.75) is 25.6 Å². The zero-order valence-electron chi connectivity index (χ0n) is 18.2. The lowest BCUT2D eigenvalue weighted by Crippen LogP contribution is -2.32. The number of ketones is 2. The first-order chi connectivity index (χ1) is 15.7. The molecule has 176 valence electrons. The predicted octanol–water partition coefficient (Wildman–Crippen LogP) is 4.09. The van der Waals surface area contributed by atoms with Crippen molar-refractivity contribution in [1.82, 2.24) is 4.90 Å². The van der Waals surface area contributed by atoms with E-state index in [-0.39, 0.29) is 30.0 Å². The fourth-order valence-electron chi connectivity index (χ4n) is 3.97. The highest BCUT2D eigenvalue weighted by Gasteiger charge is 2.51. The van der Waals surface area contributed by atoms with Gasteiger partial charge in [0.15, 0.2) is 5.78 Å². The molecule has 0 radical (unpaired) electrons. The van der Waals surface area contributed by atoms with Gasteiger partial charge in [0.2, 0.25) is 5.78 Å². The van der Waals surface area contributed by atoms with Gasteiger partial charge in [0.05, 0.1) is 23.8 Å². The van der Waals surface area contributed by atoms with Crippen LogP contribution in [0.15, 0.2) is 48.5 Å². The Labute approximate surface area is 189 Å². The van der Waals surface area contributed by atoms with Gasteiger partial charge < -0.3 is 14.4 Å². The summed E-state index contributed by atoms with van der Waals surface area (Å²) in [5, 5.41) is 0. The van der Waals surface area contributed by atoms with E-state index < -0.39 is 41.2 Å². The lowest BCUT2D eigenvalue weighted by atomic mass is 9.85. The molecule has 3 rings (SSSR count). The molecule has 6 nitrogen and oxygen atoms in total. The van der Waals surface area contributed by atoms with Gasteiger partial charge in [-0.15, -0.1) is 0 Å². The zero-order chi connectivity index (χ0) is 24.2. The standard InChI is InChI=1S/C24H24F3NO5/c1-3-33-18-8-5-4-7-17(18)21(29)19-20(15-9-11-16(12-10-15)24(25,26)27)28(13-6-14-32-2)23(31)22(19)30/h4-5,7-12,19-20H,3,6,13-14H2,1-2H3. The number of benzene rings is 2. The van der Waals surface area contributed by atoms with Crippen molar-refractivity contribution in [3.8, 4) is 5.75 Å². The van der Waals surface area contributed by atoms with E-state index in [4.69, 9.17) is 9.47 Å². The third-order valence-corrected chi connectivity index (χ3v) is 5.47. The summed E-state index contributed by atoms with van der Waals surface area (Å²) in [6.45, 7) is 2.45. The van der Waals surface area contributed by atoms with Gasteiger partial charge in [-0.1, -0.05) is 24.3 Å². The Morgan fingerprint density at radius 1 is 1.06 bits per heavy atom. The quantitative estimate of drug-likeness (QED) is 0.242. The van der Waals surface area contributed by atoms with Gasteiger partial charge >= 0.3 is 6.18 Å². The maximum atomic E-state index is 13.5. The molecular weight excluding hydrogens is 439 g/mol. The van der Waals surface area contributed by atoms with Gasteiger partial charge in [-0.25, -0.2) is 0 Å². The van der Waals surface area contributed by atoms with E-state index in [0.29, 0.717) is 13.0 Å². The van der Waals surface area contributed by atoms with Crippen molar-refractivity contribution in [2.24, 2.45) is 5.92 Å². The van der Waals surface area contributed by atoms with Crippen LogP contribution in [0.4, 0.5) is 13.2 Å². The van der Waals surface area contributed by atoms with E-state index >= 15 is 0 Å². The first-order valence-corrected chi connectivity index (χ1v) is 10.5. The molecule has 0 aromatic heterocycles. The van der Waals surface area contributed by atoms with Crippen LogP contribution in [-0.2, 0) is 20.5 Å². The van der Waals surface area contributed by atoms with Gasteiger partial charge in [0.1, 0.15) is 11.7 Å². The van der Waals surface area contributed by atoms with Crippen LogP contribution in [0.5, 0.6) is 5.75 Å². The Kier molecular flexibility index (Phi) is 7.53. The number of halogens is 3. The second kappa shape index (κ2) is 10.2. The molecular formula is C24H24F3NO5. The SMILES string of the molecule is CCOc1ccccc1C(=O)C1C(=O)C(=O)N(CCCOC)C1c1ccc(C(F)(F)F)cc1. The Bertz CT molecular complexity index is 1020. The molecule has 1 aliphatic rings. The number of carbonyl (C=O) groups excluding carboxylic acids is 3. The largest absolute Gasteiger partial charge is 0.493 e. The molecule has 0 N–H and O–H groups in total. The van der Waals surface area contributed by atoms with Crippen LogP contribution in [0.3, 0.4) is 0 Å². The molecule has 2 aromatic carbocycles. The van der Waals surface area contributed by atoms with Gasteiger partial charge in [-0.3, -0.25) is 14.4 Å². The van der Waals surface area contributed by atoms with Crippen molar-refractivity contribution < 1.29 is 37.0 Å². The summed E-state index contributed by atoms with van der Waals surface area (Å²) in [7, 11) is 1.49. The number of hydrogen-bond donors (Lipinski definition) is 0. The van der Waals surface area contributed by atoms with Gasteiger partial charge in [0.25, 0.3) is 5.91 Å². The third-order valence-electron chi connectivity index (χ3n) is 5.47. The number of rotatable bonds is 9. The summed E-state index contributed by atoms with van der Waals surface area (Å²) in [4.78, 5) is 40.6. The average Bonchev–Trinajstić information content (AvgIpc) is 3.04. The van der Waals surface area contributed by atoms with Crippen LogP contribution >= 0.6 is 0 Å². The van der Waals surface area contributed by atoms with Crippen molar-refractivity contribution in [2.75, 3.05) is 26.9 Å². The molecule has 9 heteroatoms. The second-order valence-corrected chi connectivity index (χ2v) is 7.54. The summed E-state index contributed by atoms with van der Waals surface area (Å²) >= 11 is 0. The molecule has 0 bridgehead atoms. The number of ether oxygens (including phenoxy) is 2. The molecule has 0 saturated carbocycles. The summed E-state index contributed by atoms with van der Waals surface area (Å²) in [5.74, 6) is -3.49. The minimum Gasteiger partial charge on any atom is -0.493 e. The molecule has 1 fully saturated rings. The lowest BCUT2D eigenvalue weighted by Gasteiger charge is -2.27. The number of hydrogen-bond acceptors (Lipinski definition) is 5. The van der Waals surface area contributed by atoms with Gasteiger partial charge in [-0.2, -0.15) is 13.2 Å². The highest BCUT2D eigenvalue weighted by molar-refractivity contribution is 6.44. The molecule has 1 aliphatic heterocycles. The van der Waals surface area contributed by atoms with Crippen LogP contribution < -0.4 is 4.74 Å². The Balaban J connectivity index is 2.05. The molecule has 33 heavy (non-hydrogen) atoms. The molecule has 2 aromatic rings. The molecule has 1 amide bonds. The molecule has 1 heterocycles. The van der Waals surface area contributed by atoms with Gasteiger partial charge in [0, 0.05) is 20.3 Å². The minimum absolute atomic E-state index is 0.112. The van der Waals surface area contributed by atoms with E-state index in [1.807, 2.05) is 0 Å². The zero-order valence-corrected chi connectivity index (χ0v) is 18.2. The normalized spacial score (nSPS) is 18.6. The predicted molar refractivity (Wildman–Crippen MR) is 113 cm³/mol. The number of likely N-dealkylation sites (tertiary alicyclic amines) is 1. The second-order valence-electron chi connectivity index (χ2n) is 7.54. The van der Waals surface area contributed by atoms with Crippen LogP contribution in [0.2, 0.25) is 0 Å². The number of methoxy groups -OCH3 is 1. The van der Waals surface area contributed by atoms with Gasteiger partial charge in [-0.05, 0) is 43.2 Å². The number of para-hydroxylation sites is 1. The van der Waals surface area contributed by atoms with Crippen LogP contribution in [0.25, 0.3) is 0 Å².